The van der Waals surface area contributed by atoms with Crippen LogP contribution in [0.4, 0.5) is 0 Å². The Morgan fingerprint density at radius 1 is 1.30 bits per heavy atom. The highest BCUT2D eigenvalue weighted by atomic mass is 16.5. The number of hydrogen-bond acceptors (Lipinski definition) is 4. The van der Waals surface area contributed by atoms with E-state index in [2.05, 4.69) is 31.7 Å². The zero-order valence-corrected chi connectivity index (χ0v) is 13.0. The fraction of sp³-hybridized carbons (Fsp3) is 0.867. The van der Waals surface area contributed by atoms with Gasteiger partial charge in [-0.1, -0.05) is 19.8 Å². The zero-order valence-electron chi connectivity index (χ0n) is 13.0. The van der Waals surface area contributed by atoms with Crippen molar-refractivity contribution in [2.75, 3.05) is 32.8 Å². The summed E-state index contributed by atoms with van der Waals surface area (Å²) >= 11 is 0. The third-order valence-electron chi connectivity index (χ3n) is 3.83. The summed E-state index contributed by atoms with van der Waals surface area (Å²) in [4.78, 5) is 16.1. The summed E-state index contributed by atoms with van der Waals surface area (Å²) < 4.78 is 5.44. The van der Waals surface area contributed by atoms with E-state index in [1.807, 2.05) is 4.90 Å². The number of ether oxygens (including phenoxy) is 1. The molecule has 1 amide bonds. The van der Waals surface area contributed by atoms with Crippen molar-refractivity contribution in [2.45, 2.75) is 52.1 Å². The van der Waals surface area contributed by atoms with Crippen LogP contribution in [0.25, 0.3) is 0 Å². The molecule has 0 radical (unpaired) electrons. The van der Waals surface area contributed by atoms with Gasteiger partial charge in [0.15, 0.2) is 0 Å². The van der Waals surface area contributed by atoms with Gasteiger partial charge in [0, 0.05) is 31.8 Å². The van der Waals surface area contributed by atoms with Gasteiger partial charge in [0.25, 0.3) is 0 Å². The first-order valence-corrected chi connectivity index (χ1v) is 7.58. The topological polar surface area (TPSA) is 56.6 Å². The van der Waals surface area contributed by atoms with Gasteiger partial charge in [-0.15, -0.1) is 0 Å². The zero-order chi connectivity index (χ0) is 15.0. The molecule has 0 bridgehead atoms. The molecule has 1 heterocycles. The molecule has 114 valence electrons. The summed E-state index contributed by atoms with van der Waals surface area (Å²) in [6, 6.07) is 2.64. The number of nitriles is 1. The molecule has 20 heavy (non-hydrogen) atoms. The smallest absolute Gasteiger partial charge is 0.248 e. The largest absolute Gasteiger partial charge is 0.372 e. The predicted molar refractivity (Wildman–Crippen MR) is 78.2 cm³/mol. The van der Waals surface area contributed by atoms with Crippen molar-refractivity contribution in [3.8, 4) is 6.07 Å². The van der Waals surface area contributed by atoms with E-state index in [1.54, 1.807) is 0 Å². The molecule has 0 N–H and O–H groups in total. The van der Waals surface area contributed by atoms with E-state index in [9.17, 15) is 4.79 Å². The number of piperazine rings is 1. The third kappa shape index (κ3) is 5.10. The maximum absolute atomic E-state index is 12.1. The molecular weight excluding hydrogens is 254 g/mol. The molecule has 0 aromatic rings. The van der Waals surface area contributed by atoms with Gasteiger partial charge in [0.2, 0.25) is 5.91 Å². The van der Waals surface area contributed by atoms with Crippen molar-refractivity contribution in [1.29, 1.82) is 5.26 Å². The van der Waals surface area contributed by atoms with Crippen LogP contribution < -0.4 is 0 Å². The molecule has 0 aliphatic carbocycles. The lowest BCUT2D eigenvalue weighted by Crippen LogP contribution is -2.58. The molecule has 0 spiro atoms. The standard InChI is InChI=1S/C15H27N3O2/c1-4-5-6-9-20-12-15(19)17-10-13(2)18(8-7-16)14(3)11-17/h13-14H,4-6,8-12H2,1-3H3. The summed E-state index contributed by atoms with van der Waals surface area (Å²) in [6.45, 7) is 8.92. The number of carbonyl (C=O) groups excluding carboxylic acids is 1. The molecule has 2 unspecified atom stereocenters. The minimum atomic E-state index is 0.0665. The Morgan fingerprint density at radius 3 is 2.50 bits per heavy atom. The number of nitrogens with zero attached hydrogens (tertiary/aromatic N) is 3. The number of carbonyl (C=O) groups is 1. The molecule has 1 aliphatic heterocycles. The van der Waals surface area contributed by atoms with E-state index in [-0.39, 0.29) is 24.6 Å². The first-order chi connectivity index (χ1) is 9.60. The molecule has 0 aromatic carbocycles. The van der Waals surface area contributed by atoms with E-state index in [0.29, 0.717) is 26.2 Å². The molecular formula is C15H27N3O2. The second-order valence-electron chi connectivity index (χ2n) is 5.59. The van der Waals surface area contributed by atoms with Gasteiger partial charge in [0.1, 0.15) is 6.61 Å². The van der Waals surface area contributed by atoms with E-state index in [4.69, 9.17) is 10.00 Å². The van der Waals surface area contributed by atoms with Gasteiger partial charge < -0.3 is 9.64 Å². The fourth-order valence-electron chi connectivity index (χ4n) is 2.66. The van der Waals surface area contributed by atoms with Crippen LogP contribution >= 0.6 is 0 Å². The predicted octanol–water partition coefficient (Wildman–Crippen LogP) is 1.64. The summed E-state index contributed by atoms with van der Waals surface area (Å²) in [5, 5.41) is 8.82. The molecule has 1 rings (SSSR count). The average molecular weight is 281 g/mol. The lowest BCUT2D eigenvalue weighted by molar-refractivity contribution is -0.140. The van der Waals surface area contributed by atoms with Crippen molar-refractivity contribution in [3.05, 3.63) is 0 Å². The van der Waals surface area contributed by atoms with Crippen molar-refractivity contribution in [3.63, 3.8) is 0 Å². The second kappa shape index (κ2) is 8.93. The van der Waals surface area contributed by atoms with Gasteiger partial charge in [0.05, 0.1) is 12.6 Å². The average Bonchev–Trinajstić information content (AvgIpc) is 2.42. The van der Waals surface area contributed by atoms with Crippen molar-refractivity contribution < 1.29 is 9.53 Å². The Labute approximate surface area is 122 Å². The monoisotopic (exact) mass is 281 g/mol. The van der Waals surface area contributed by atoms with Gasteiger partial charge in [-0.05, 0) is 20.3 Å². The van der Waals surface area contributed by atoms with Crippen LogP contribution in [-0.2, 0) is 9.53 Å². The van der Waals surface area contributed by atoms with Crippen LogP contribution in [0.15, 0.2) is 0 Å². The molecule has 2 atom stereocenters. The maximum atomic E-state index is 12.1. The molecule has 5 nitrogen and oxygen atoms in total. The minimum Gasteiger partial charge on any atom is -0.372 e. The van der Waals surface area contributed by atoms with E-state index in [0.717, 1.165) is 19.3 Å². The van der Waals surface area contributed by atoms with Crippen LogP contribution in [0, 0.1) is 11.3 Å². The highest BCUT2D eigenvalue weighted by molar-refractivity contribution is 5.77. The summed E-state index contributed by atoms with van der Waals surface area (Å²) in [7, 11) is 0. The molecule has 1 aliphatic rings. The van der Waals surface area contributed by atoms with Crippen LogP contribution in [0.3, 0.4) is 0 Å². The highest BCUT2D eigenvalue weighted by Crippen LogP contribution is 2.15. The Bertz CT molecular complexity index is 329. The van der Waals surface area contributed by atoms with Gasteiger partial charge in [-0.25, -0.2) is 0 Å². The first-order valence-electron chi connectivity index (χ1n) is 7.58. The summed E-state index contributed by atoms with van der Waals surface area (Å²) in [5.74, 6) is 0.0665. The Kier molecular flexibility index (Phi) is 7.56. The number of unbranched alkanes of at least 4 members (excludes halogenated alkanes) is 2. The van der Waals surface area contributed by atoms with Gasteiger partial charge >= 0.3 is 0 Å². The first kappa shape index (κ1) is 16.9. The van der Waals surface area contributed by atoms with Crippen LogP contribution in [0.1, 0.15) is 40.0 Å². The van der Waals surface area contributed by atoms with Crippen LogP contribution in [-0.4, -0.2) is 60.6 Å². The summed E-state index contributed by atoms with van der Waals surface area (Å²) in [5.41, 5.74) is 0. The maximum Gasteiger partial charge on any atom is 0.248 e. The van der Waals surface area contributed by atoms with E-state index in [1.165, 1.54) is 0 Å². The Morgan fingerprint density at radius 2 is 1.95 bits per heavy atom. The number of hydrogen-bond donors (Lipinski definition) is 0. The molecule has 0 aromatic heterocycles. The molecule has 1 saturated heterocycles. The van der Waals surface area contributed by atoms with E-state index < -0.39 is 0 Å². The molecule has 1 fully saturated rings. The second-order valence-corrected chi connectivity index (χ2v) is 5.59. The van der Waals surface area contributed by atoms with Crippen molar-refractivity contribution in [1.82, 2.24) is 9.80 Å². The lowest BCUT2D eigenvalue weighted by atomic mass is 10.1. The van der Waals surface area contributed by atoms with E-state index >= 15 is 0 Å². The quantitative estimate of drug-likeness (QED) is 0.526. The highest BCUT2D eigenvalue weighted by Gasteiger charge is 2.31. The molecule has 5 heteroatoms. The van der Waals surface area contributed by atoms with Crippen molar-refractivity contribution in [2.24, 2.45) is 0 Å². The Balaban J connectivity index is 2.34. The van der Waals surface area contributed by atoms with Crippen molar-refractivity contribution >= 4 is 5.91 Å². The number of amides is 1. The van der Waals surface area contributed by atoms with Gasteiger partial charge in [-0.2, -0.15) is 5.26 Å². The Hall–Kier alpha value is -1.12. The molecule has 0 saturated carbocycles. The van der Waals surface area contributed by atoms with Gasteiger partial charge in [-0.3, -0.25) is 9.69 Å². The third-order valence-corrected chi connectivity index (χ3v) is 3.83. The van der Waals surface area contributed by atoms with Crippen LogP contribution in [0.2, 0.25) is 0 Å². The normalized spacial score (nSPS) is 23.6. The van der Waals surface area contributed by atoms with Crippen LogP contribution in [0.5, 0.6) is 0 Å². The lowest BCUT2D eigenvalue weighted by Gasteiger charge is -2.43. The minimum absolute atomic E-state index is 0.0665. The number of rotatable bonds is 7. The SMILES string of the molecule is CCCCCOCC(=O)N1CC(C)N(CC#N)C(C)C1. The fourth-order valence-corrected chi connectivity index (χ4v) is 2.66. The summed E-state index contributed by atoms with van der Waals surface area (Å²) in [6.07, 6.45) is 3.33.